The van der Waals surface area contributed by atoms with E-state index in [0.29, 0.717) is 30.6 Å². The molecule has 1 heterocycles. The van der Waals surface area contributed by atoms with E-state index in [9.17, 15) is 19.5 Å². The molecule has 30 heavy (non-hydrogen) atoms. The molecule has 2 aromatic carbocycles. The summed E-state index contributed by atoms with van der Waals surface area (Å²) in [7, 11) is 0. The molecule has 0 fully saturated rings. The molecule has 1 N–H and O–H groups in total. The fraction of sp³-hybridized carbons (Fsp3) is 0.292. The number of nitrogens with zero attached hydrogens (tertiary/aromatic N) is 1. The lowest BCUT2D eigenvalue weighted by atomic mass is 9.82. The maximum atomic E-state index is 13.0. The molecular formula is C24H23N2O4-. The van der Waals surface area contributed by atoms with E-state index in [1.54, 1.807) is 35.2 Å². The highest BCUT2D eigenvalue weighted by Gasteiger charge is 2.30. The van der Waals surface area contributed by atoms with Gasteiger partial charge in [-0.05, 0) is 61.6 Å². The summed E-state index contributed by atoms with van der Waals surface area (Å²) >= 11 is 0. The molecule has 0 unspecified atom stereocenters. The third-order valence-corrected chi connectivity index (χ3v) is 5.83. The fourth-order valence-electron chi connectivity index (χ4n) is 4.20. The minimum atomic E-state index is -1.21. The van der Waals surface area contributed by atoms with Crippen molar-refractivity contribution in [1.82, 2.24) is 0 Å². The van der Waals surface area contributed by atoms with Crippen LogP contribution in [0.5, 0.6) is 0 Å². The first kappa shape index (κ1) is 19.9. The van der Waals surface area contributed by atoms with Crippen LogP contribution in [-0.2, 0) is 16.0 Å². The van der Waals surface area contributed by atoms with Gasteiger partial charge in [0.25, 0.3) is 5.91 Å². The van der Waals surface area contributed by atoms with Gasteiger partial charge in [0, 0.05) is 35.4 Å². The molecule has 154 valence electrons. The molecular weight excluding hydrogens is 380 g/mol. The van der Waals surface area contributed by atoms with E-state index in [1.807, 2.05) is 30.3 Å². The molecule has 0 spiro atoms. The minimum Gasteiger partial charge on any atom is -0.550 e. The van der Waals surface area contributed by atoms with E-state index in [2.05, 4.69) is 5.32 Å². The number of benzene rings is 2. The second-order valence-corrected chi connectivity index (χ2v) is 7.73. The number of nitrogens with one attached hydrogen (secondary N) is 1. The molecule has 2 aliphatic rings. The van der Waals surface area contributed by atoms with Crippen molar-refractivity contribution in [1.29, 1.82) is 0 Å². The summed E-state index contributed by atoms with van der Waals surface area (Å²) in [5.41, 5.74) is 3.19. The highest BCUT2D eigenvalue weighted by molar-refractivity contribution is 6.07. The van der Waals surface area contributed by atoms with E-state index in [0.717, 1.165) is 18.5 Å². The summed E-state index contributed by atoms with van der Waals surface area (Å²) in [6, 6.07) is 14.7. The number of para-hydroxylation sites is 1. The summed E-state index contributed by atoms with van der Waals surface area (Å²) in [4.78, 5) is 38.7. The molecule has 0 saturated heterocycles. The number of aliphatic carboxylic acids is 1. The molecule has 0 aromatic heterocycles. The number of allylic oxidation sites excluding steroid dienone is 2. The third-order valence-electron chi connectivity index (χ3n) is 5.83. The number of carboxylic acids is 1. The fourth-order valence-corrected chi connectivity index (χ4v) is 4.20. The Morgan fingerprint density at radius 1 is 0.933 bits per heavy atom. The van der Waals surface area contributed by atoms with Gasteiger partial charge in [-0.25, -0.2) is 0 Å². The smallest absolute Gasteiger partial charge is 0.258 e. The first-order valence-corrected chi connectivity index (χ1v) is 10.2. The molecule has 6 heteroatoms. The van der Waals surface area contributed by atoms with Crippen LogP contribution in [-0.4, -0.2) is 24.3 Å². The number of anilines is 2. The SMILES string of the molecule is O=C([O-])[C@H]1CC=CC[C@@H]1C(=O)Nc1ccc(C(=O)N2CCCc3ccccc32)cc1. The zero-order chi connectivity index (χ0) is 21.1. The Bertz CT molecular complexity index is 997. The second-order valence-electron chi connectivity index (χ2n) is 7.73. The molecule has 1 aliphatic heterocycles. The Morgan fingerprint density at radius 3 is 2.37 bits per heavy atom. The van der Waals surface area contributed by atoms with Crippen molar-refractivity contribution >= 4 is 29.2 Å². The van der Waals surface area contributed by atoms with Crippen LogP contribution >= 0.6 is 0 Å². The minimum absolute atomic E-state index is 0.0746. The first-order chi connectivity index (χ1) is 14.5. The topological polar surface area (TPSA) is 89.5 Å². The van der Waals surface area contributed by atoms with E-state index in [-0.39, 0.29) is 11.8 Å². The maximum absolute atomic E-state index is 13.0. The molecule has 4 rings (SSSR count). The van der Waals surface area contributed by atoms with Crippen LogP contribution < -0.4 is 15.3 Å². The van der Waals surface area contributed by atoms with Crippen molar-refractivity contribution in [3.05, 3.63) is 71.8 Å². The number of fused-ring (bicyclic) bond motifs is 1. The third kappa shape index (κ3) is 3.99. The summed E-state index contributed by atoms with van der Waals surface area (Å²) in [5.74, 6) is -3.12. The molecule has 2 aromatic rings. The Balaban J connectivity index is 1.46. The zero-order valence-corrected chi connectivity index (χ0v) is 16.5. The maximum Gasteiger partial charge on any atom is 0.258 e. The van der Waals surface area contributed by atoms with E-state index >= 15 is 0 Å². The van der Waals surface area contributed by atoms with Crippen LogP contribution in [0.3, 0.4) is 0 Å². The number of amides is 2. The predicted octanol–water partition coefficient (Wildman–Crippen LogP) is 2.55. The van der Waals surface area contributed by atoms with Gasteiger partial charge < -0.3 is 20.1 Å². The Labute approximate surface area is 175 Å². The van der Waals surface area contributed by atoms with E-state index < -0.39 is 17.8 Å². The van der Waals surface area contributed by atoms with E-state index in [4.69, 9.17) is 0 Å². The van der Waals surface area contributed by atoms with Crippen LogP contribution in [0.4, 0.5) is 11.4 Å². The average molecular weight is 403 g/mol. The standard InChI is InChI=1S/C24H24N2O4/c27-22(19-8-2-3-9-20(19)24(29)30)25-18-13-11-17(12-14-18)23(28)26-15-5-7-16-6-1-4-10-21(16)26/h1-4,6,10-14,19-20H,5,7-9,15H2,(H,25,27)(H,29,30)/p-1/t19-,20-/m0/s1. The lowest BCUT2D eigenvalue weighted by Gasteiger charge is -2.29. The van der Waals surface area contributed by atoms with Crippen LogP contribution in [0.15, 0.2) is 60.7 Å². The van der Waals surface area contributed by atoms with Gasteiger partial charge in [0.2, 0.25) is 5.91 Å². The lowest BCUT2D eigenvalue weighted by Crippen LogP contribution is -2.41. The highest BCUT2D eigenvalue weighted by atomic mass is 16.4. The number of carboxylic acid groups (broad SMARTS) is 1. The molecule has 6 nitrogen and oxygen atoms in total. The van der Waals surface area contributed by atoms with Gasteiger partial charge in [0.05, 0.1) is 5.92 Å². The number of carbonyl (C=O) groups excluding carboxylic acids is 3. The highest BCUT2D eigenvalue weighted by Crippen LogP contribution is 2.29. The van der Waals surface area contributed by atoms with Crippen LogP contribution in [0.25, 0.3) is 0 Å². The molecule has 2 amide bonds. The Hall–Kier alpha value is -3.41. The zero-order valence-electron chi connectivity index (χ0n) is 16.5. The summed E-state index contributed by atoms with van der Waals surface area (Å²) in [6.07, 6.45) is 6.15. The van der Waals surface area contributed by atoms with E-state index in [1.165, 1.54) is 5.56 Å². The molecule has 2 atom stereocenters. The van der Waals surface area contributed by atoms with Crippen molar-refractivity contribution in [3.8, 4) is 0 Å². The average Bonchev–Trinajstić information content (AvgIpc) is 2.78. The normalized spacial score (nSPS) is 20.3. The van der Waals surface area contributed by atoms with Gasteiger partial charge in [-0.1, -0.05) is 30.4 Å². The summed E-state index contributed by atoms with van der Waals surface area (Å²) in [6.45, 7) is 0.675. The van der Waals surface area contributed by atoms with Crippen molar-refractivity contribution in [2.24, 2.45) is 11.8 Å². The van der Waals surface area contributed by atoms with Crippen LogP contribution in [0, 0.1) is 11.8 Å². The van der Waals surface area contributed by atoms with Crippen molar-refractivity contribution in [2.75, 3.05) is 16.8 Å². The van der Waals surface area contributed by atoms with Gasteiger partial charge in [0.1, 0.15) is 0 Å². The molecule has 0 bridgehead atoms. The first-order valence-electron chi connectivity index (χ1n) is 10.2. The lowest BCUT2D eigenvalue weighted by molar-refractivity contribution is -0.313. The van der Waals surface area contributed by atoms with Crippen LogP contribution in [0.1, 0.15) is 35.2 Å². The van der Waals surface area contributed by atoms with Crippen molar-refractivity contribution in [3.63, 3.8) is 0 Å². The van der Waals surface area contributed by atoms with Gasteiger partial charge >= 0.3 is 0 Å². The predicted molar refractivity (Wildman–Crippen MR) is 112 cm³/mol. The molecule has 1 aliphatic carbocycles. The Morgan fingerprint density at radius 2 is 1.63 bits per heavy atom. The summed E-state index contributed by atoms with van der Waals surface area (Å²) < 4.78 is 0. The van der Waals surface area contributed by atoms with Gasteiger partial charge in [-0.3, -0.25) is 9.59 Å². The van der Waals surface area contributed by atoms with Gasteiger partial charge in [-0.2, -0.15) is 0 Å². The van der Waals surface area contributed by atoms with Gasteiger partial charge in [-0.15, -0.1) is 0 Å². The second kappa shape index (κ2) is 8.53. The Kier molecular flexibility index (Phi) is 5.65. The number of carbonyl (C=O) groups is 3. The molecule has 0 saturated carbocycles. The monoisotopic (exact) mass is 403 g/mol. The van der Waals surface area contributed by atoms with Gasteiger partial charge in [0.15, 0.2) is 0 Å². The quantitative estimate of drug-likeness (QED) is 0.795. The number of rotatable bonds is 4. The van der Waals surface area contributed by atoms with Crippen molar-refractivity contribution < 1.29 is 19.5 Å². The molecule has 0 radical (unpaired) electrons. The van der Waals surface area contributed by atoms with Crippen molar-refractivity contribution in [2.45, 2.75) is 25.7 Å². The van der Waals surface area contributed by atoms with Crippen LogP contribution in [0.2, 0.25) is 0 Å². The summed E-state index contributed by atoms with van der Waals surface area (Å²) in [5, 5.41) is 14.1. The number of hydrogen-bond acceptors (Lipinski definition) is 4. The number of aryl methyl sites for hydroxylation is 1. The number of hydrogen-bond donors (Lipinski definition) is 1. The largest absolute Gasteiger partial charge is 0.550 e.